The monoisotopic (exact) mass is 368 g/mol. The average molecular weight is 368 g/mol. The molecule has 0 spiro atoms. The minimum atomic E-state index is -0.147. The molecule has 6 heteroatoms. The van der Waals surface area contributed by atoms with Crippen molar-refractivity contribution < 1.29 is 9.53 Å². The Bertz CT molecular complexity index is 685. The molecule has 2 saturated heterocycles. The number of hydrogen-bond donors (Lipinski definition) is 1. The Morgan fingerprint density at radius 1 is 1.11 bits per heavy atom. The predicted molar refractivity (Wildman–Crippen MR) is 102 cm³/mol. The van der Waals surface area contributed by atoms with E-state index in [0.29, 0.717) is 18.5 Å². The highest BCUT2D eigenvalue weighted by Gasteiger charge is 2.35. The average Bonchev–Trinajstić information content (AvgIpc) is 3.41. The van der Waals surface area contributed by atoms with Gasteiger partial charge in [0.1, 0.15) is 11.9 Å². The zero-order valence-electron chi connectivity index (χ0n) is 15.8. The lowest BCUT2D eigenvalue weighted by molar-refractivity contribution is -0.135. The van der Waals surface area contributed by atoms with Crippen LogP contribution in [-0.4, -0.2) is 66.6 Å². The third-order valence-corrected chi connectivity index (χ3v) is 6.14. The van der Waals surface area contributed by atoms with Gasteiger partial charge in [-0.2, -0.15) is 5.26 Å². The van der Waals surface area contributed by atoms with E-state index in [1.54, 1.807) is 12.1 Å². The van der Waals surface area contributed by atoms with Crippen LogP contribution in [0.3, 0.4) is 0 Å². The van der Waals surface area contributed by atoms with Gasteiger partial charge in [0.05, 0.1) is 17.7 Å². The van der Waals surface area contributed by atoms with Crippen molar-refractivity contribution in [3.63, 3.8) is 0 Å². The summed E-state index contributed by atoms with van der Waals surface area (Å²) >= 11 is 0. The first-order valence-corrected chi connectivity index (χ1v) is 10.2. The third kappa shape index (κ3) is 4.26. The Balaban J connectivity index is 1.25. The lowest BCUT2D eigenvalue weighted by Crippen LogP contribution is -2.54. The maximum atomic E-state index is 12.9. The molecule has 4 rings (SSSR count). The molecule has 0 bridgehead atoms. The fourth-order valence-corrected chi connectivity index (χ4v) is 4.58. The first-order valence-electron chi connectivity index (χ1n) is 10.2. The van der Waals surface area contributed by atoms with Crippen molar-refractivity contribution in [3.05, 3.63) is 29.8 Å². The highest BCUT2D eigenvalue weighted by atomic mass is 16.5. The summed E-state index contributed by atoms with van der Waals surface area (Å²) in [7, 11) is 0. The van der Waals surface area contributed by atoms with E-state index in [0.717, 1.165) is 38.0 Å². The molecule has 2 heterocycles. The van der Waals surface area contributed by atoms with Crippen molar-refractivity contribution in [3.8, 4) is 11.8 Å². The summed E-state index contributed by atoms with van der Waals surface area (Å²) in [6, 6.07) is 9.85. The topological polar surface area (TPSA) is 68.6 Å². The first-order chi connectivity index (χ1) is 13.2. The molecule has 1 aliphatic carbocycles. The zero-order chi connectivity index (χ0) is 18.6. The van der Waals surface area contributed by atoms with Gasteiger partial charge in [-0.3, -0.25) is 9.69 Å². The fourth-order valence-electron chi connectivity index (χ4n) is 4.58. The van der Waals surface area contributed by atoms with Gasteiger partial charge in [0.2, 0.25) is 5.91 Å². The molecule has 0 aromatic heterocycles. The number of hydrogen-bond acceptors (Lipinski definition) is 5. The highest BCUT2D eigenvalue weighted by molar-refractivity contribution is 5.82. The number of piperazine rings is 1. The molecule has 1 N–H and O–H groups in total. The molecule has 27 heavy (non-hydrogen) atoms. The van der Waals surface area contributed by atoms with E-state index in [9.17, 15) is 4.79 Å². The maximum Gasteiger partial charge on any atom is 0.239 e. The Hall–Kier alpha value is -2.10. The summed E-state index contributed by atoms with van der Waals surface area (Å²) in [5, 5.41) is 12.2. The van der Waals surface area contributed by atoms with Gasteiger partial charge in [-0.05, 0) is 37.1 Å². The van der Waals surface area contributed by atoms with E-state index < -0.39 is 0 Å². The van der Waals surface area contributed by atoms with E-state index in [2.05, 4.69) is 16.3 Å². The molecule has 2 atom stereocenters. The second-order valence-corrected chi connectivity index (χ2v) is 7.87. The van der Waals surface area contributed by atoms with E-state index >= 15 is 0 Å². The number of carbonyl (C=O) groups excluding carboxylic acids is 1. The number of nitriles is 1. The number of nitrogens with one attached hydrogen (secondary N) is 1. The summed E-state index contributed by atoms with van der Waals surface area (Å²) in [5.41, 5.74) is 0.622. The van der Waals surface area contributed by atoms with Crippen molar-refractivity contribution in [2.24, 2.45) is 0 Å². The number of nitrogens with zero attached hydrogens (tertiary/aromatic N) is 3. The van der Waals surface area contributed by atoms with Gasteiger partial charge in [-0.25, -0.2) is 0 Å². The summed E-state index contributed by atoms with van der Waals surface area (Å²) in [5.74, 6) is 0.964. The van der Waals surface area contributed by atoms with Gasteiger partial charge in [-0.15, -0.1) is 0 Å². The van der Waals surface area contributed by atoms with Crippen molar-refractivity contribution in [1.29, 1.82) is 5.26 Å². The fraction of sp³-hybridized carbons (Fsp3) is 0.619. The predicted octanol–water partition coefficient (Wildman–Crippen LogP) is 1.75. The SMILES string of the molecule is N#Cc1ccc(O[C@@H]2CN[C@@H](C(=O)N3CCN(C4CCCC4)CC3)C2)cc1. The van der Waals surface area contributed by atoms with Crippen molar-refractivity contribution in [2.75, 3.05) is 32.7 Å². The second-order valence-electron chi connectivity index (χ2n) is 7.87. The quantitative estimate of drug-likeness (QED) is 0.877. The molecule has 3 aliphatic rings. The number of amides is 1. The number of carbonyl (C=O) groups is 1. The molecular formula is C21H28N4O2. The molecule has 0 radical (unpaired) electrons. The van der Waals surface area contributed by atoms with Gasteiger partial charge in [0, 0.05) is 45.2 Å². The van der Waals surface area contributed by atoms with Crippen molar-refractivity contribution in [1.82, 2.24) is 15.1 Å². The van der Waals surface area contributed by atoms with E-state index in [1.807, 2.05) is 17.0 Å². The molecule has 6 nitrogen and oxygen atoms in total. The van der Waals surface area contributed by atoms with Crippen LogP contribution < -0.4 is 10.1 Å². The van der Waals surface area contributed by atoms with Crippen LogP contribution in [0.4, 0.5) is 0 Å². The molecule has 1 saturated carbocycles. The number of rotatable bonds is 4. The van der Waals surface area contributed by atoms with E-state index in [1.165, 1.54) is 25.7 Å². The van der Waals surface area contributed by atoms with Crippen LogP contribution in [0, 0.1) is 11.3 Å². The molecule has 0 unspecified atom stereocenters. The van der Waals surface area contributed by atoms with Gasteiger partial charge in [-0.1, -0.05) is 12.8 Å². The molecule has 144 valence electrons. The van der Waals surface area contributed by atoms with Crippen LogP contribution in [0.25, 0.3) is 0 Å². The summed E-state index contributed by atoms with van der Waals surface area (Å²) in [4.78, 5) is 17.5. The zero-order valence-corrected chi connectivity index (χ0v) is 15.8. The smallest absolute Gasteiger partial charge is 0.239 e. The number of benzene rings is 1. The Morgan fingerprint density at radius 3 is 2.48 bits per heavy atom. The minimum Gasteiger partial charge on any atom is -0.489 e. The summed E-state index contributed by atoms with van der Waals surface area (Å²) < 4.78 is 5.98. The van der Waals surface area contributed by atoms with Gasteiger partial charge in [0.25, 0.3) is 0 Å². The van der Waals surface area contributed by atoms with Crippen LogP contribution in [-0.2, 0) is 4.79 Å². The Labute approximate surface area is 161 Å². The van der Waals surface area contributed by atoms with Crippen LogP contribution in [0.1, 0.15) is 37.7 Å². The number of ether oxygens (including phenoxy) is 1. The van der Waals surface area contributed by atoms with E-state index in [-0.39, 0.29) is 18.1 Å². The molecular weight excluding hydrogens is 340 g/mol. The van der Waals surface area contributed by atoms with Gasteiger partial charge >= 0.3 is 0 Å². The Kier molecular flexibility index (Phi) is 5.61. The van der Waals surface area contributed by atoms with Gasteiger partial charge in [0.15, 0.2) is 0 Å². The lowest BCUT2D eigenvalue weighted by atomic mass is 10.1. The molecule has 1 aromatic rings. The lowest BCUT2D eigenvalue weighted by Gasteiger charge is -2.38. The van der Waals surface area contributed by atoms with Crippen LogP contribution in [0.5, 0.6) is 5.75 Å². The third-order valence-electron chi connectivity index (χ3n) is 6.14. The summed E-state index contributed by atoms with van der Waals surface area (Å²) in [6.45, 7) is 4.38. The summed E-state index contributed by atoms with van der Waals surface area (Å²) in [6.07, 6.45) is 6.06. The van der Waals surface area contributed by atoms with Gasteiger partial charge < -0.3 is 15.0 Å². The Morgan fingerprint density at radius 2 is 1.81 bits per heavy atom. The van der Waals surface area contributed by atoms with Crippen molar-refractivity contribution >= 4 is 5.91 Å². The van der Waals surface area contributed by atoms with E-state index in [4.69, 9.17) is 10.00 Å². The molecule has 3 fully saturated rings. The van der Waals surface area contributed by atoms with Crippen LogP contribution >= 0.6 is 0 Å². The maximum absolute atomic E-state index is 12.9. The van der Waals surface area contributed by atoms with Crippen LogP contribution in [0.15, 0.2) is 24.3 Å². The second kappa shape index (κ2) is 8.28. The molecule has 1 aromatic carbocycles. The normalized spacial score (nSPS) is 26.9. The highest BCUT2D eigenvalue weighted by Crippen LogP contribution is 2.25. The minimum absolute atomic E-state index is 0.00772. The molecule has 1 amide bonds. The largest absolute Gasteiger partial charge is 0.489 e. The standard InChI is InChI=1S/C21H28N4O2/c22-14-16-5-7-18(8-6-16)27-19-13-20(23-15-19)21(26)25-11-9-24(10-12-25)17-3-1-2-4-17/h5-8,17,19-20,23H,1-4,9-13,15H2/t19-,20+/m0/s1. The first kappa shape index (κ1) is 18.3. The van der Waals surface area contributed by atoms with Crippen molar-refractivity contribution in [2.45, 2.75) is 50.3 Å². The van der Waals surface area contributed by atoms with Crippen LogP contribution in [0.2, 0.25) is 0 Å². The molecule has 2 aliphatic heterocycles.